The monoisotopic (exact) mass is 513 g/mol. The molecular formula is C23H20BrN3O4S. The van der Waals surface area contributed by atoms with Gasteiger partial charge in [-0.05, 0) is 65.2 Å². The summed E-state index contributed by atoms with van der Waals surface area (Å²) in [6.07, 6.45) is 5.14. The van der Waals surface area contributed by atoms with Crippen LogP contribution in [0.25, 0.3) is 6.08 Å². The van der Waals surface area contributed by atoms with Gasteiger partial charge in [0.25, 0.3) is 5.56 Å². The lowest BCUT2D eigenvalue weighted by Gasteiger charge is -2.25. The predicted octanol–water partition coefficient (Wildman–Crippen LogP) is 2.96. The van der Waals surface area contributed by atoms with Crippen LogP contribution in [0.5, 0.6) is 5.75 Å². The normalized spacial score (nSPS) is 15.9. The molecule has 0 amide bonds. The Bertz CT molecular complexity index is 1390. The number of hydrogen-bond acceptors (Lipinski definition) is 7. The van der Waals surface area contributed by atoms with E-state index in [1.165, 1.54) is 11.3 Å². The number of aromatic nitrogens is 2. The number of hydrogen-bond donors (Lipinski definition) is 0. The number of benzene rings is 1. The fraction of sp³-hybridized carbons (Fsp3) is 0.217. The molecule has 1 aromatic carbocycles. The van der Waals surface area contributed by atoms with E-state index in [9.17, 15) is 9.59 Å². The predicted molar refractivity (Wildman–Crippen MR) is 125 cm³/mol. The molecule has 2 aromatic heterocycles. The van der Waals surface area contributed by atoms with Crippen molar-refractivity contribution in [2.45, 2.75) is 19.9 Å². The maximum absolute atomic E-state index is 13.5. The summed E-state index contributed by atoms with van der Waals surface area (Å²) >= 11 is 4.78. The zero-order valence-electron chi connectivity index (χ0n) is 17.7. The average molecular weight is 514 g/mol. The third-order valence-corrected chi connectivity index (χ3v) is 6.59. The molecule has 3 aromatic rings. The van der Waals surface area contributed by atoms with E-state index in [0.717, 1.165) is 11.1 Å². The van der Waals surface area contributed by atoms with Crippen molar-refractivity contribution in [3.63, 3.8) is 0 Å². The van der Waals surface area contributed by atoms with E-state index in [0.29, 0.717) is 30.8 Å². The third kappa shape index (κ3) is 4.05. The Morgan fingerprint density at radius 2 is 2.16 bits per heavy atom. The van der Waals surface area contributed by atoms with Gasteiger partial charge >= 0.3 is 5.97 Å². The lowest BCUT2D eigenvalue weighted by atomic mass is 9.96. The van der Waals surface area contributed by atoms with E-state index >= 15 is 0 Å². The number of methoxy groups -OCH3 is 1. The zero-order chi connectivity index (χ0) is 22.8. The molecule has 0 radical (unpaired) electrons. The summed E-state index contributed by atoms with van der Waals surface area (Å²) in [5.74, 6) is 0.156. The largest absolute Gasteiger partial charge is 0.496 e. The smallest absolute Gasteiger partial charge is 0.338 e. The van der Waals surface area contributed by atoms with Gasteiger partial charge < -0.3 is 9.47 Å². The minimum Gasteiger partial charge on any atom is -0.496 e. The molecule has 9 heteroatoms. The standard InChI is InChI=1S/C23H20BrN3O4S/c1-4-31-22(29)19-13(2)26-23-27(20(19)15-7-8-17(30-3)16(24)11-15)21(28)18(32-23)10-14-6-5-9-25-12-14/h5-12,20H,4H2,1-3H3/b18-10+/t20-/m0/s1. The first-order valence-electron chi connectivity index (χ1n) is 9.87. The van der Waals surface area contributed by atoms with Gasteiger partial charge in [0.05, 0.1) is 40.0 Å². The number of esters is 1. The number of allylic oxidation sites excluding steroid dienone is 1. The van der Waals surface area contributed by atoms with Gasteiger partial charge in [-0.2, -0.15) is 0 Å². The number of carbonyl (C=O) groups excluding carboxylic acids is 1. The SMILES string of the molecule is CCOC(=O)C1=C(C)N=c2s/c(=C/c3cccnc3)c(=O)n2[C@H]1c1ccc(OC)c(Br)c1. The first kappa shape index (κ1) is 22.2. The van der Waals surface area contributed by atoms with Crippen LogP contribution in [0.2, 0.25) is 0 Å². The Kier molecular flexibility index (Phi) is 6.38. The number of ether oxygens (including phenoxy) is 2. The van der Waals surface area contributed by atoms with E-state index in [4.69, 9.17) is 9.47 Å². The second-order valence-electron chi connectivity index (χ2n) is 6.98. The van der Waals surface area contributed by atoms with Crippen molar-refractivity contribution in [3.05, 3.63) is 89.3 Å². The Hall–Kier alpha value is -3.04. The Morgan fingerprint density at radius 1 is 1.34 bits per heavy atom. The Balaban J connectivity index is 1.97. The van der Waals surface area contributed by atoms with Gasteiger partial charge in [-0.3, -0.25) is 14.3 Å². The van der Waals surface area contributed by atoms with Gasteiger partial charge in [0.1, 0.15) is 5.75 Å². The lowest BCUT2D eigenvalue weighted by Crippen LogP contribution is -2.39. The molecule has 1 aliphatic heterocycles. The molecule has 164 valence electrons. The Morgan fingerprint density at radius 3 is 2.81 bits per heavy atom. The van der Waals surface area contributed by atoms with Crippen molar-refractivity contribution in [1.29, 1.82) is 0 Å². The van der Waals surface area contributed by atoms with Crippen LogP contribution in [0.15, 0.2) is 68.3 Å². The van der Waals surface area contributed by atoms with Crippen molar-refractivity contribution >= 4 is 39.3 Å². The van der Waals surface area contributed by atoms with Crippen LogP contribution in [-0.4, -0.2) is 29.2 Å². The number of thiazole rings is 1. The molecule has 0 fully saturated rings. The van der Waals surface area contributed by atoms with Crippen LogP contribution in [0.3, 0.4) is 0 Å². The summed E-state index contributed by atoms with van der Waals surface area (Å²) in [7, 11) is 1.58. The summed E-state index contributed by atoms with van der Waals surface area (Å²) in [5, 5.41) is 0. The number of nitrogens with zero attached hydrogens (tertiary/aromatic N) is 3. The van der Waals surface area contributed by atoms with Crippen molar-refractivity contribution in [2.24, 2.45) is 4.99 Å². The van der Waals surface area contributed by atoms with Gasteiger partial charge in [-0.1, -0.05) is 23.5 Å². The third-order valence-electron chi connectivity index (χ3n) is 4.99. The van der Waals surface area contributed by atoms with Gasteiger partial charge in [-0.25, -0.2) is 9.79 Å². The highest BCUT2D eigenvalue weighted by Crippen LogP contribution is 2.34. The molecule has 0 bridgehead atoms. The van der Waals surface area contributed by atoms with Crippen LogP contribution in [0.4, 0.5) is 0 Å². The highest BCUT2D eigenvalue weighted by atomic mass is 79.9. The summed E-state index contributed by atoms with van der Waals surface area (Å²) in [5.41, 5.74) is 2.18. The molecule has 0 aliphatic carbocycles. The second-order valence-corrected chi connectivity index (χ2v) is 8.85. The molecular weight excluding hydrogens is 494 g/mol. The van der Waals surface area contributed by atoms with E-state index in [2.05, 4.69) is 25.9 Å². The molecule has 0 unspecified atom stereocenters. The average Bonchev–Trinajstić information content (AvgIpc) is 3.08. The van der Waals surface area contributed by atoms with E-state index in [1.54, 1.807) is 50.1 Å². The van der Waals surface area contributed by atoms with Crippen LogP contribution < -0.4 is 19.6 Å². The maximum Gasteiger partial charge on any atom is 0.338 e. The number of halogens is 1. The summed E-state index contributed by atoms with van der Waals surface area (Å²) in [4.78, 5) is 35.6. The van der Waals surface area contributed by atoms with Crippen molar-refractivity contribution < 1.29 is 14.3 Å². The molecule has 1 atom stereocenters. The molecule has 0 N–H and O–H groups in total. The minimum absolute atomic E-state index is 0.222. The minimum atomic E-state index is -0.677. The first-order valence-corrected chi connectivity index (χ1v) is 11.5. The van der Waals surface area contributed by atoms with E-state index in [-0.39, 0.29) is 12.2 Å². The van der Waals surface area contributed by atoms with Crippen LogP contribution in [0.1, 0.15) is 31.0 Å². The summed E-state index contributed by atoms with van der Waals surface area (Å²) in [6.45, 7) is 3.73. The van der Waals surface area contributed by atoms with E-state index in [1.807, 2.05) is 24.3 Å². The van der Waals surface area contributed by atoms with Crippen LogP contribution in [-0.2, 0) is 9.53 Å². The summed E-state index contributed by atoms with van der Waals surface area (Å²) in [6, 6.07) is 8.48. The molecule has 1 aliphatic rings. The van der Waals surface area contributed by atoms with Crippen molar-refractivity contribution in [2.75, 3.05) is 13.7 Å². The fourth-order valence-electron chi connectivity index (χ4n) is 3.57. The Labute approximate surface area is 196 Å². The van der Waals surface area contributed by atoms with Crippen LogP contribution in [0, 0.1) is 0 Å². The molecule has 7 nitrogen and oxygen atoms in total. The topological polar surface area (TPSA) is 82.8 Å². The first-order chi connectivity index (χ1) is 15.4. The van der Waals surface area contributed by atoms with Crippen molar-refractivity contribution in [1.82, 2.24) is 9.55 Å². The second kappa shape index (κ2) is 9.22. The molecule has 4 rings (SSSR count). The number of fused-ring (bicyclic) bond motifs is 1. The summed E-state index contributed by atoms with van der Waals surface area (Å²) < 4.78 is 13.4. The number of carbonyl (C=O) groups is 1. The highest BCUT2D eigenvalue weighted by molar-refractivity contribution is 9.10. The van der Waals surface area contributed by atoms with Gasteiger partial charge in [0, 0.05) is 12.4 Å². The highest BCUT2D eigenvalue weighted by Gasteiger charge is 2.33. The van der Waals surface area contributed by atoms with E-state index < -0.39 is 12.0 Å². The quantitative estimate of drug-likeness (QED) is 0.489. The zero-order valence-corrected chi connectivity index (χ0v) is 20.1. The fourth-order valence-corrected chi connectivity index (χ4v) is 5.18. The number of pyridine rings is 1. The van der Waals surface area contributed by atoms with Crippen LogP contribution >= 0.6 is 27.3 Å². The van der Waals surface area contributed by atoms with Gasteiger partial charge in [0.15, 0.2) is 4.80 Å². The van der Waals surface area contributed by atoms with Gasteiger partial charge in [0.2, 0.25) is 0 Å². The molecule has 0 saturated carbocycles. The maximum atomic E-state index is 13.5. The molecule has 32 heavy (non-hydrogen) atoms. The van der Waals surface area contributed by atoms with Gasteiger partial charge in [-0.15, -0.1) is 0 Å². The number of rotatable bonds is 5. The van der Waals surface area contributed by atoms with Crippen molar-refractivity contribution in [3.8, 4) is 5.75 Å². The molecule has 3 heterocycles. The molecule has 0 saturated heterocycles. The molecule has 0 spiro atoms. The lowest BCUT2D eigenvalue weighted by molar-refractivity contribution is -0.139.